The second-order valence-corrected chi connectivity index (χ2v) is 17.8. The van der Waals surface area contributed by atoms with Crippen molar-refractivity contribution < 1.29 is 29.0 Å². The SMILES string of the molecule is C[C@@H]1COC[C@H](CNc2cccc(OC3CCN(C(=O)N(C)C4CN(c5cccc6c5CCN6[C@@H]5CCC(=O)NC5=O)C4)CC3)c2)CN(c2cc(-c3ccccc3O)nnc2N)C1. The summed E-state index contributed by atoms with van der Waals surface area (Å²) in [5.74, 6) is 1.29. The van der Waals surface area contributed by atoms with Crippen molar-refractivity contribution in [1.29, 1.82) is 0 Å². The molecule has 3 atom stereocenters. The van der Waals surface area contributed by atoms with E-state index in [0.717, 1.165) is 73.9 Å². The van der Waals surface area contributed by atoms with Gasteiger partial charge in [0.1, 0.15) is 23.6 Å². The Morgan fingerprint density at radius 1 is 0.905 bits per heavy atom. The van der Waals surface area contributed by atoms with E-state index in [1.54, 1.807) is 12.1 Å². The normalized spacial score (nSPS) is 22.2. The lowest BCUT2D eigenvalue weighted by Crippen LogP contribution is -2.62. The number of imide groups is 1. The second kappa shape index (κ2) is 18.2. The van der Waals surface area contributed by atoms with Crippen molar-refractivity contribution in [2.24, 2.45) is 11.8 Å². The minimum atomic E-state index is -0.323. The highest BCUT2D eigenvalue weighted by molar-refractivity contribution is 6.02. The lowest BCUT2D eigenvalue weighted by atomic mass is 10.0. The third-order valence-electron chi connectivity index (χ3n) is 13.2. The number of nitrogens with two attached hydrogens (primary N) is 1. The number of hydrogen-bond acceptors (Lipinski definition) is 13. The summed E-state index contributed by atoms with van der Waals surface area (Å²) >= 11 is 0. The molecule has 3 aromatic carbocycles. The van der Waals surface area contributed by atoms with E-state index in [0.29, 0.717) is 69.3 Å². The zero-order valence-electron chi connectivity index (χ0n) is 36.1. The van der Waals surface area contributed by atoms with Crippen LogP contribution >= 0.6 is 0 Å². The molecule has 0 unspecified atom stereocenters. The van der Waals surface area contributed by atoms with Crippen molar-refractivity contribution in [1.82, 2.24) is 25.3 Å². The predicted molar refractivity (Wildman–Crippen MR) is 242 cm³/mol. The van der Waals surface area contributed by atoms with Crippen molar-refractivity contribution in [2.75, 3.05) is 98.4 Å². The van der Waals surface area contributed by atoms with Gasteiger partial charge in [-0.3, -0.25) is 14.9 Å². The maximum atomic E-state index is 13.7. The fourth-order valence-corrected chi connectivity index (χ4v) is 9.71. The second-order valence-electron chi connectivity index (χ2n) is 17.8. The number of likely N-dealkylation sites (N-methyl/N-ethyl adjacent to an activating group) is 1. The minimum Gasteiger partial charge on any atom is -0.507 e. The molecule has 0 saturated carbocycles. The number of nitrogen functional groups attached to an aromatic ring is 1. The zero-order chi connectivity index (χ0) is 43.6. The van der Waals surface area contributed by atoms with Crippen LogP contribution in [0.1, 0.15) is 38.2 Å². The van der Waals surface area contributed by atoms with Crippen molar-refractivity contribution >= 4 is 46.4 Å². The van der Waals surface area contributed by atoms with Crippen LogP contribution in [0, 0.1) is 11.8 Å². The van der Waals surface area contributed by atoms with E-state index >= 15 is 0 Å². The van der Waals surface area contributed by atoms with Gasteiger partial charge in [-0.05, 0) is 61.2 Å². The van der Waals surface area contributed by atoms with Gasteiger partial charge in [0.2, 0.25) is 11.8 Å². The third kappa shape index (κ3) is 9.13. The van der Waals surface area contributed by atoms with Crippen LogP contribution in [0.25, 0.3) is 11.3 Å². The van der Waals surface area contributed by atoms with Gasteiger partial charge in [-0.25, -0.2) is 4.79 Å². The van der Waals surface area contributed by atoms with Gasteiger partial charge in [-0.2, -0.15) is 0 Å². The molecule has 4 fully saturated rings. The molecule has 0 radical (unpaired) electrons. The molecule has 5 aliphatic rings. The average Bonchev–Trinajstić information content (AvgIpc) is 3.69. The number of benzene rings is 3. The summed E-state index contributed by atoms with van der Waals surface area (Å²) in [6, 6.07) is 23.2. The van der Waals surface area contributed by atoms with Gasteiger partial charge in [0, 0.05) is 119 Å². The summed E-state index contributed by atoms with van der Waals surface area (Å²) in [7, 11) is 1.91. The molecule has 4 saturated heterocycles. The molecule has 16 nitrogen and oxygen atoms in total. The molecule has 0 bridgehead atoms. The Morgan fingerprint density at radius 2 is 1.68 bits per heavy atom. The van der Waals surface area contributed by atoms with E-state index in [2.05, 4.69) is 54.6 Å². The van der Waals surface area contributed by atoms with Crippen LogP contribution in [0.3, 0.4) is 0 Å². The van der Waals surface area contributed by atoms with Crippen LogP contribution in [0.5, 0.6) is 11.5 Å². The first kappa shape index (κ1) is 42.0. The zero-order valence-corrected chi connectivity index (χ0v) is 36.1. The Labute approximate surface area is 368 Å². The van der Waals surface area contributed by atoms with Crippen molar-refractivity contribution in [3.05, 3.63) is 78.4 Å². The molecule has 1 aromatic heterocycles. The number of aromatic hydroxyl groups is 1. The van der Waals surface area contributed by atoms with Gasteiger partial charge in [-0.15, -0.1) is 10.2 Å². The number of para-hydroxylation sites is 1. The van der Waals surface area contributed by atoms with Gasteiger partial charge in [0.05, 0.1) is 30.6 Å². The molecule has 4 amide bonds. The molecular weight excluding hydrogens is 801 g/mol. The number of urea groups is 1. The maximum absolute atomic E-state index is 13.7. The molecule has 5 N–H and O–H groups in total. The van der Waals surface area contributed by atoms with Gasteiger partial charge in [0.25, 0.3) is 0 Å². The third-order valence-corrected chi connectivity index (χ3v) is 13.2. The van der Waals surface area contributed by atoms with E-state index in [1.165, 1.54) is 5.56 Å². The first-order chi connectivity index (χ1) is 30.6. The van der Waals surface area contributed by atoms with Crippen molar-refractivity contribution in [2.45, 2.75) is 57.2 Å². The van der Waals surface area contributed by atoms with E-state index in [4.69, 9.17) is 15.2 Å². The first-order valence-corrected chi connectivity index (χ1v) is 22.3. The molecule has 4 aromatic rings. The van der Waals surface area contributed by atoms with E-state index in [-0.39, 0.29) is 53.6 Å². The Balaban J connectivity index is 0.748. The maximum Gasteiger partial charge on any atom is 0.320 e. The van der Waals surface area contributed by atoms with Crippen LogP contribution in [0.4, 0.5) is 33.4 Å². The average molecular weight is 859 g/mol. The number of hydrogen-bond donors (Lipinski definition) is 4. The van der Waals surface area contributed by atoms with E-state index in [9.17, 15) is 19.5 Å². The molecule has 63 heavy (non-hydrogen) atoms. The number of nitrogens with one attached hydrogen (secondary N) is 2. The lowest BCUT2D eigenvalue weighted by molar-refractivity contribution is -0.134. The fraction of sp³-hybridized carbons (Fsp3) is 0.468. The largest absolute Gasteiger partial charge is 0.507 e. The smallest absolute Gasteiger partial charge is 0.320 e. The predicted octanol–water partition coefficient (Wildman–Crippen LogP) is 4.58. The topological polar surface area (TPSA) is 182 Å². The highest BCUT2D eigenvalue weighted by atomic mass is 16.5. The Hall–Kier alpha value is -6.29. The summed E-state index contributed by atoms with van der Waals surface area (Å²) in [5.41, 5.74) is 12.8. The summed E-state index contributed by atoms with van der Waals surface area (Å²) < 4.78 is 12.6. The number of aromatic nitrogens is 2. The van der Waals surface area contributed by atoms with Crippen LogP contribution < -0.4 is 35.8 Å². The molecule has 332 valence electrons. The number of nitrogens with zero attached hydrogens (tertiary/aromatic N) is 7. The molecular formula is C47H58N10O6. The summed E-state index contributed by atoms with van der Waals surface area (Å²) in [6.07, 6.45) is 3.25. The summed E-state index contributed by atoms with van der Waals surface area (Å²) in [5, 5.41) is 25.2. The molecule has 6 heterocycles. The number of carbonyl (C=O) groups excluding carboxylic acids is 3. The molecule has 0 aliphatic carbocycles. The fourth-order valence-electron chi connectivity index (χ4n) is 9.71. The number of fused-ring (bicyclic) bond motifs is 1. The van der Waals surface area contributed by atoms with Crippen LogP contribution in [0.2, 0.25) is 0 Å². The summed E-state index contributed by atoms with van der Waals surface area (Å²) in [6.45, 7) is 9.00. The molecule has 16 heteroatoms. The van der Waals surface area contributed by atoms with E-state index < -0.39 is 0 Å². The quantitative estimate of drug-likeness (QED) is 0.163. The number of ether oxygens (including phenoxy) is 2. The van der Waals surface area contributed by atoms with Crippen molar-refractivity contribution in [3.8, 4) is 22.8 Å². The number of phenols is 1. The number of carbonyl (C=O) groups is 3. The lowest BCUT2D eigenvalue weighted by Gasteiger charge is -2.47. The Kier molecular flexibility index (Phi) is 12.1. The number of piperidine rings is 2. The van der Waals surface area contributed by atoms with Gasteiger partial charge >= 0.3 is 6.03 Å². The Morgan fingerprint density at radius 3 is 2.49 bits per heavy atom. The van der Waals surface area contributed by atoms with Gasteiger partial charge in [0.15, 0.2) is 5.82 Å². The van der Waals surface area contributed by atoms with Gasteiger partial charge < -0.3 is 50.1 Å². The number of phenolic OH excluding ortho intramolecular Hbond substituents is 1. The van der Waals surface area contributed by atoms with Crippen LogP contribution in [-0.4, -0.2) is 134 Å². The van der Waals surface area contributed by atoms with Crippen LogP contribution in [-0.2, 0) is 20.7 Å². The molecule has 0 spiro atoms. The highest BCUT2D eigenvalue weighted by Gasteiger charge is 2.40. The molecule has 5 aliphatic heterocycles. The number of rotatable bonds is 10. The minimum absolute atomic E-state index is 0.00499. The van der Waals surface area contributed by atoms with Gasteiger partial charge in [-0.1, -0.05) is 31.2 Å². The molecule has 9 rings (SSSR count). The van der Waals surface area contributed by atoms with Crippen molar-refractivity contribution in [3.63, 3.8) is 0 Å². The standard InChI is InChI=1S/C47H58N10O6/c1-30-24-55(42-22-38(51-52-45(42)48)36-9-3-4-12-43(36)58)25-31(29-62-28-30)23-49-32-7-5-8-35(21-32)63-34-15-18-54(19-16-34)47(61)53(2)33-26-56(27-33)39-10-6-11-40-37(39)17-20-57(40)41-13-14-44(59)50-46(41)60/h3-12,21-22,30-31,33-34,41,49,58H,13-20,23-29H2,1-2H3,(H2,48,52)(H,50,59,60)/t30-,31+,41+/m0/s1. The van der Waals surface area contributed by atoms with E-state index in [1.807, 2.05) is 65.4 Å². The highest BCUT2D eigenvalue weighted by Crippen LogP contribution is 2.40. The number of likely N-dealkylation sites (tertiary alicyclic amines) is 1. The monoisotopic (exact) mass is 858 g/mol. The van der Waals surface area contributed by atoms with Crippen LogP contribution in [0.15, 0.2) is 72.8 Å². The Bertz CT molecular complexity index is 2320. The number of amides is 4. The number of anilines is 5. The summed E-state index contributed by atoms with van der Waals surface area (Å²) in [4.78, 5) is 48.7. The first-order valence-electron chi connectivity index (χ1n) is 22.3.